The highest BCUT2D eigenvalue weighted by Crippen LogP contribution is 2.23. The fourth-order valence-electron chi connectivity index (χ4n) is 2.91. The lowest BCUT2D eigenvalue weighted by molar-refractivity contribution is -0.708. The van der Waals surface area contributed by atoms with Crippen molar-refractivity contribution in [2.45, 2.75) is 44.7 Å². The Morgan fingerprint density at radius 2 is 1.75 bits per heavy atom. The molecule has 0 aliphatic heterocycles. The molecule has 1 fully saturated rings. The minimum absolute atomic E-state index is 0.756. The van der Waals surface area contributed by atoms with E-state index in [1.165, 1.54) is 32.1 Å². The summed E-state index contributed by atoms with van der Waals surface area (Å²) in [7, 11) is 0. The van der Waals surface area contributed by atoms with E-state index in [1.54, 1.807) is 0 Å². The molecule has 0 radical (unpaired) electrons. The molecule has 0 unspecified atom stereocenters. The Morgan fingerprint density at radius 1 is 1.00 bits per heavy atom. The van der Waals surface area contributed by atoms with Crippen molar-refractivity contribution < 1.29 is 9.73 Å². The Labute approximate surface area is 125 Å². The van der Waals surface area contributed by atoms with Gasteiger partial charge in [-0.05, 0) is 62.1 Å². The summed E-state index contributed by atoms with van der Waals surface area (Å²) in [5.74, 6) is 1.98. The molecule has 1 saturated carbocycles. The van der Waals surface area contributed by atoms with E-state index < -0.39 is 0 Å². The summed E-state index contributed by atoms with van der Waals surface area (Å²) in [5, 5.41) is 3.19. The SMILES string of the molecule is Clc1ccc(-c2ccc(C[NH2+]C3CCCCC3)o2)cc1. The number of halogens is 1. The molecule has 1 heterocycles. The van der Waals surface area contributed by atoms with E-state index in [2.05, 4.69) is 11.4 Å². The first-order valence-corrected chi connectivity index (χ1v) is 7.87. The summed E-state index contributed by atoms with van der Waals surface area (Å²) >= 11 is 5.90. The van der Waals surface area contributed by atoms with Crippen LogP contribution in [0.2, 0.25) is 5.02 Å². The Kier molecular flexibility index (Phi) is 4.44. The van der Waals surface area contributed by atoms with E-state index in [0.29, 0.717) is 0 Å². The van der Waals surface area contributed by atoms with Crippen LogP contribution in [0.3, 0.4) is 0 Å². The van der Waals surface area contributed by atoms with Crippen molar-refractivity contribution in [2.75, 3.05) is 0 Å². The van der Waals surface area contributed by atoms with E-state index in [0.717, 1.165) is 34.7 Å². The van der Waals surface area contributed by atoms with Crippen molar-refractivity contribution in [3.8, 4) is 11.3 Å². The summed E-state index contributed by atoms with van der Waals surface area (Å²) in [4.78, 5) is 0. The van der Waals surface area contributed by atoms with Crippen LogP contribution in [0.25, 0.3) is 11.3 Å². The van der Waals surface area contributed by atoms with E-state index in [4.69, 9.17) is 16.0 Å². The molecule has 0 bridgehead atoms. The van der Waals surface area contributed by atoms with Gasteiger partial charge in [0.15, 0.2) is 5.76 Å². The monoisotopic (exact) mass is 290 g/mol. The number of hydrogen-bond donors (Lipinski definition) is 1. The Balaban J connectivity index is 1.60. The summed E-state index contributed by atoms with van der Waals surface area (Å²) in [6.45, 7) is 0.943. The first-order valence-electron chi connectivity index (χ1n) is 7.49. The average molecular weight is 291 g/mol. The Hall–Kier alpha value is -1.25. The molecule has 3 rings (SSSR count). The smallest absolute Gasteiger partial charge is 0.158 e. The second-order valence-electron chi connectivity index (χ2n) is 5.61. The third kappa shape index (κ3) is 3.44. The first kappa shape index (κ1) is 13.7. The minimum atomic E-state index is 0.756. The van der Waals surface area contributed by atoms with Crippen LogP contribution in [0.5, 0.6) is 0 Å². The third-order valence-corrected chi connectivity index (χ3v) is 4.34. The minimum Gasteiger partial charge on any atom is -0.455 e. The normalized spacial score (nSPS) is 16.4. The van der Waals surface area contributed by atoms with Crippen LogP contribution in [0.15, 0.2) is 40.8 Å². The van der Waals surface area contributed by atoms with Gasteiger partial charge in [0.1, 0.15) is 12.3 Å². The molecule has 0 amide bonds. The van der Waals surface area contributed by atoms with Gasteiger partial charge < -0.3 is 9.73 Å². The Bertz CT molecular complexity index is 540. The molecule has 2 N–H and O–H groups in total. The fraction of sp³-hybridized carbons (Fsp3) is 0.412. The van der Waals surface area contributed by atoms with Gasteiger partial charge in [-0.25, -0.2) is 0 Å². The van der Waals surface area contributed by atoms with Gasteiger partial charge >= 0.3 is 0 Å². The van der Waals surface area contributed by atoms with E-state index in [-0.39, 0.29) is 0 Å². The molecule has 1 aromatic heterocycles. The molecule has 1 aliphatic carbocycles. The zero-order valence-corrected chi connectivity index (χ0v) is 12.4. The van der Waals surface area contributed by atoms with E-state index >= 15 is 0 Å². The van der Waals surface area contributed by atoms with Gasteiger partial charge in [0.25, 0.3) is 0 Å². The van der Waals surface area contributed by atoms with Gasteiger partial charge in [-0.15, -0.1) is 0 Å². The van der Waals surface area contributed by atoms with Crippen LogP contribution in [-0.4, -0.2) is 6.04 Å². The fourth-order valence-corrected chi connectivity index (χ4v) is 3.04. The second kappa shape index (κ2) is 6.47. The maximum atomic E-state index is 5.93. The summed E-state index contributed by atoms with van der Waals surface area (Å²) in [6.07, 6.45) is 6.88. The largest absolute Gasteiger partial charge is 0.455 e. The molecule has 0 saturated heterocycles. The number of quaternary nitrogens is 1. The van der Waals surface area contributed by atoms with Crippen LogP contribution < -0.4 is 5.32 Å². The van der Waals surface area contributed by atoms with Crippen LogP contribution in [0.4, 0.5) is 0 Å². The van der Waals surface area contributed by atoms with Crippen molar-refractivity contribution in [1.29, 1.82) is 0 Å². The number of nitrogens with two attached hydrogens (primary N) is 1. The van der Waals surface area contributed by atoms with Gasteiger partial charge in [-0.3, -0.25) is 0 Å². The third-order valence-electron chi connectivity index (χ3n) is 4.09. The molecular formula is C17H21ClNO+. The van der Waals surface area contributed by atoms with E-state index in [9.17, 15) is 0 Å². The molecular weight excluding hydrogens is 270 g/mol. The highest BCUT2D eigenvalue weighted by Gasteiger charge is 2.16. The molecule has 1 aromatic carbocycles. The van der Waals surface area contributed by atoms with Crippen molar-refractivity contribution >= 4 is 11.6 Å². The Morgan fingerprint density at radius 3 is 2.50 bits per heavy atom. The van der Waals surface area contributed by atoms with Gasteiger partial charge in [0, 0.05) is 10.6 Å². The molecule has 3 heteroatoms. The van der Waals surface area contributed by atoms with Gasteiger partial charge in [-0.2, -0.15) is 0 Å². The second-order valence-corrected chi connectivity index (χ2v) is 6.05. The lowest BCUT2D eigenvalue weighted by Crippen LogP contribution is -2.88. The lowest BCUT2D eigenvalue weighted by atomic mass is 9.95. The predicted octanol–water partition coefficient (Wildman–Crippen LogP) is 4.00. The molecule has 20 heavy (non-hydrogen) atoms. The topological polar surface area (TPSA) is 29.8 Å². The maximum absolute atomic E-state index is 5.93. The zero-order chi connectivity index (χ0) is 13.8. The highest BCUT2D eigenvalue weighted by atomic mass is 35.5. The van der Waals surface area contributed by atoms with Crippen molar-refractivity contribution in [1.82, 2.24) is 0 Å². The molecule has 2 aromatic rings. The summed E-state index contributed by atoms with van der Waals surface area (Å²) < 4.78 is 5.93. The number of rotatable bonds is 4. The van der Waals surface area contributed by atoms with E-state index in [1.807, 2.05) is 30.3 Å². The maximum Gasteiger partial charge on any atom is 0.158 e. The molecule has 106 valence electrons. The molecule has 0 spiro atoms. The highest BCUT2D eigenvalue weighted by molar-refractivity contribution is 6.30. The predicted molar refractivity (Wildman–Crippen MR) is 81.7 cm³/mol. The van der Waals surface area contributed by atoms with Crippen molar-refractivity contribution in [2.24, 2.45) is 0 Å². The summed E-state index contributed by atoms with van der Waals surface area (Å²) in [6, 6.07) is 12.7. The number of hydrogen-bond acceptors (Lipinski definition) is 1. The van der Waals surface area contributed by atoms with Crippen LogP contribution >= 0.6 is 11.6 Å². The summed E-state index contributed by atoms with van der Waals surface area (Å²) in [5.41, 5.74) is 1.08. The van der Waals surface area contributed by atoms with Gasteiger partial charge in [-0.1, -0.05) is 18.0 Å². The number of benzene rings is 1. The van der Waals surface area contributed by atoms with Crippen LogP contribution in [0, 0.1) is 0 Å². The standard InChI is InChI=1S/C17H20ClNO/c18-14-8-6-13(7-9-14)17-11-10-16(20-17)12-19-15-4-2-1-3-5-15/h6-11,15,19H,1-5,12H2/p+1. The quantitative estimate of drug-likeness (QED) is 0.906. The zero-order valence-electron chi connectivity index (χ0n) is 11.6. The van der Waals surface area contributed by atoms with Crippen molar-refractivity contribution in [3.05, 3.63) is 47.2 Å². The van der Waals surface area contributed by atoms with Crippen LogP contribution in [0.1, 0.15) is 37.9 Å². The van der Waals surface area contributed by atoms with Crippen molar-refractivity contribution in [3.63, 3.8) is 0 Å². The van der Waals surface area contributed by atoms with Crippen LogP contribution in [-0.2, 0) is 6.54 Å². The molecule has 1 aliphatic rings. The first-order chi connectivity index (χ1) is 9.81. The number of furan rings is 1. The molecule has 0 atom stereocenters. The molecule has 2 nitrogen and oxygen atoms in total. The van der Waals surface area contributed by atoms with Gasteiger partial charge in [0.2, 0.25) is 0 Å². The van der Waals surface area contributed by atoms with Gasteiger partial charge in [0.05, 0.1) is 6.04 Å². The average Bonchev–Trinajstić information content (AvgIpc) is 2.96. The lowest BCUT2D eigenvalue weighted by Gasteiger charge is -2.19.